The van der Waals surface area contributed by atoms with Gasteiger partial charge in [0.15, 0.2) is 11.6 Å². The summed E-state index contributed by atoms with van der Waals surface area (Å²) in [6.07, 6.45) is 0. The average molecular weight is 185 g/mol. The van der Waals surface area contributed by atoms with Crippen molar-refractivity contribution in [2.45, 2.75) is 6.92 Å². The van der Waals surface area contributed by atoms with Gasteiger partial charge < -0.3 is 15.6 Å². The minimum atomic E-state index is -0.503. The summed E-state index contributed by atoms with van der Waals surface area (Å²) in [5.41, 5.74) is 6.63. The fraction of sp³-hybridized carbons (Fsp3) is 0.333. The average Bonchev–Trinajstić information content (AvgIpc) is 2.09. The smallest absolute Gasteiger partial charge is 0.167 e. The summed E-state index contributed by atoms with van der Waals surface area (Å²) >= 11 is 0. The number of hydrogen-bond acceptors (Lipinski definition) is 3. The van der Waals surface area contributed by atoms with Crippen LogP contribution in [-0.4, -0.2) is 18.3 Å². The standard InChI is InChI=1S/C9H12FNO2/c1-6-4-9(13-3-2-12)7(10)5-8(6)11/h4-5,12H,2-3,11H2,1H3. The van der Waals surface area contributed by atoms with Crippen LogP contribution in [0.4, 0.5) is 10.1 Å². The van der Waals surface area contributed by atoms with Gasteiger partial charge in [-0.15, -0.1) is 0 Å². The highest BCUT2D eigenvalue weighted by Gasteiger charge is 2.05. The van der Waals surface area contributed by atoms with Gasteiger partial charge in [0.25, 0.3) is 0 Å². The first kappa shape index (κ1) is 9.80. The molecule has 0 aromatic heterocycles. The summed E-state index contributed by atoms with van der Waals surface area (Å²) in [5, 5.41) is 8.47. The van der Waals surface area contributed by atoms with Crippen LogP contribution in [0.15, 0.2) is 12.1 Å². The number of rotatable bonds is 3. The predicted octanol–water partition coefficient (Wildman–Crippen LogP) is 1.09. The van der Waals surface area contributed by atoms with Gasteiger partial charge in [-0.1, -0.05) is 0 Å². The first-order valence-electron chi connectivity index (χ1n) is 3.94. The molecule has 0 saturated carbocycles. The Kier molecular flexibility index (Phi) is 3.08. The molecule has 0 spiro atoms. The lowest BCUT2D eigenvalue weighted by molar-refractivity contribution is 0.196. The number of benzene rings is 1. The van der Waals surface area contributed by atoms with Crippen molar-refractivity contribution in [3.05, 3.63) is 23.5 Å². The maximum atomic E-state index is 13.1. The molecular formula is C9H12FNO2. The summed E-state index contributed by atoms with van der Waals surface area (Å²) in [6.45, 7) is 1.71. The predicted molar refractivity (Wildman–Crippen MR) is 48.1 cm³/mol. The van der Waals surface area contributed by atoms with Crippen LogP contribution in [0.3, 0.4) is 0 Å². The molecule has 72 valence electrons. The Morgan fingerprint density at radius 2 is 2.23 bits per heavy atom. The Morgan fingerprint density at radius 3 is 2.85 bits per heavy atom. The molecule has 1 aromatic carbocycles. The number of nitrogens with two attached hydrogens (primary N) is 1. The zero-order valence-corrected chi connectivity index (χ0v) is 7.38. The van der Waals surface area contributed by atoms with Crippen LogP contribution in [0.25, 0.3) is 0 Å². The fourth-order valence-corrected chi connectivity index (χ4v) is 0.937. The van der Waals surface area contributed by atoms with Crippen LogP contribution in [0.2, 0.25) is 0 Å². The van der Waals surface area contributed by atoms with Gasteiger partial charge in [0.1, 0.15) is 6.61 Å². The molecule has 0 saturated heterocycles. The lowest BCUT2D eigenvalue weighted by Crippen LogP contribution is -2.04. The summed E-state index contributed by atoms with van der Waals surface area (Å²) < 4.78 is 18.0. The molecule has 0 aliphatic carbocycles. The third-order valence-corrected chi connectivity index (χ3v) is 1.67. The monoisotopic (exact) mass is 185 g/mol. The third kappa shape index (κ3) is 2.32. The van der Waals surface area contributed by atoms with Crippen molar-refractivity contribution in [2.75, 3.05) is 18.9 Å². The van der Waals surface area contributed by atoms with Crippen molar-refractivity contribution < 1.29 is 14.2 Å². The van der Waals surface area contributed by atoms with E-state index in [1.165, 1.54) is 12.1 Å². The Labute approximate surface area is 75.9 Å². The molecular weight excluding hydrogens is 173 g/mol. The Morgan fingerprint density at radius 1 is 1.54 bits per heavy atom. The van der Waals surface area contributed by atoms with Gasteiger partial charge in [-0.25, -0.2) is 4.39 Å². The Balaban J connectivity index is 2.88. The van der Waals surface area contributed by atoms with E-state index in [0.29, 0.717) is 5.69 Å². The van der Waals surface area contributed by atoms with Crippen molar-refractivity contribution in [1.82, 2.24) is 0 Å². The highest BCUT2D eigenvalue weighted by atomic mass is 19.1. The van der Waals surface area contributed by atoms with Gasteiger partial charge in [-0.3, -0.25) is 0 Å². The molecule has 3 nitrogen and oxygen atoms in total. The SMILES string of the molecule is Cc1cc(OCCO)c(F)cc1N. The van der Waals surface area contributed by atoms with Crippen LogP contribution in [0.5, 0.6) is 5.75 Å². The second-order valence-electron chi connectivity index (χ2n) is 2.71. The van der Waals surface area contributed by atoms with E-state index in [0.717, 1.165) is 5.56 Å². The number of hydrogen-bond donors (Lipinski definition) is 2. The number of nitrogen functional groups attached to an aromatic ring is 1. The van der Waals surface area contributed by atoms with E-state index in [2.05, 4.69) is 0 Å². The first-order valence-corrected chi connectivity index (χ1v) is 3.94. The van der Waals surface area contributed by atoms with Gasteiger partial charge in [-0.05, 0) is 18.6 Å². The summed E-state index contributed by atoms with van der Waals surface area (Å²) in [7, 11) is 0. The minimum absolute atomic E-state index is 0.0836. The summed E-state index contributed by atoms with van der Waals surface area (Å²) in [5.74, 6) is -0.377. The molecule has 0 radical (unpaired) electrons. The molecule has 0 amide bonds. The quantitative estimate of drug-likeness (QED) is 0.693. The molecule has 0 atom stereocenters. The van der Waals surface area contributed by atoms with E-state index in [1.807, 2.05) is 0 Å². The van der Waals surface area contributed by atoms with Crippen molar-refractivity contribution >= 4 is 5.69 Å². The van der Waals surface area contributed by atoms with E-state index in [-0.39, 0.29) is 19.0 Å². The maximum absolute atomic E-state index is 13.1. The molecule has 4 heteroatoms. The van der Waals surface area contributed by atoms with E-state index in [4.69, 9.17) is 15.6 Å². The first-order chi connectivity index (χ1) is 6.15. The van der Waals surface area contributed by atoms with Crippen LogP contribution in [-0.2, 0) is 0 Å². The number of aliphatic hydroxyl groups is 1. The number of anilines is 1. The van der Waals surface area contributed by atoms with E-state index in [9.17, 15) is 4.39 Å². The van der Waals surface area contributed by atoms with Gasteiger partial charge in [0.2, 0.25) is 0 Å². The zero-order valence-electron chi connectivity index (χ0n) is 7.38. The van der Waals surface area contributed by atoms with Crippen LogP contribution in [0, 0.1) is 12.7 Å². The number of halogens is 1. The molecule has 0 aliphatic rings. The van der Waals surface area contributed by atoms with Crippen molar-refractivity contribution in [2.24, 2.45) is 0 Å². The second-order valence-corrected chi connectivity index (χ2v) is 2.71. The third-order valence-electron chi connectivity index (χ3n) is 1.67. The number of ether oxygens (including phenoxy) is 1. The lowest BCUT2D eigenvalue weighted by atomic mass is 10.2. The molecule has 13 heavy (non-hydrogen) atoms. The molecule has 1 rings (SSSR count). The van der Waals surface area contributed by atoms with Crippen LogP contribution >= 0.6 is 0 Å². The number of aryl methyl sites for hydroxylation is 1. The Bertz CT molecular complexity index is 302. The molecule has 3 N–H and O–H groups in total. The van der Waals surface area contributed by atoms with Crippen molar-refractivity contribution in [1.29, 1.82) is 0 Å². The zero-order chi connectivity index (χ0) is 9.84. The van der Waals surface area contributed by atoms with Gasteiger partial charge >= 0.3 is 0 Å². The van der Waals surface area contributed by atoms with Gasteiger partial charge in [0, 0.05) is 11.8 Å². The summed E-state index contributed by atoms with van der Waals surface area (Å²) in [4.78, 5) is 0. The highest BCUT2D eigenvalue weighted by Crippen LogP contribution is 2.23. The minimum Gasteiger partial charge on any atom is -0.488 e. The fourth-order valence-electron chi connectivity index (χ4n) is 0.937. The van der Waals surface area contributed by atoms with Crippen LogP contribution in [0.1, 0.15) is 5.56 Å². The lowest BCUT2D eigenvalue weighted by Gasteiger charge is -2.07. The van der Waals surface area contributed by atoms with E-state index in [1.54, 1.807) is 6.92 Å². The normalized spacial score (nSPS) is 10.1. The molecule has 0 aliphatic heterocycles. The topological polar surface area (TPSA) is 55.5 Å². The molecule has 0 heterocycles. The summed E-state index contributed by atoms with van der Waals surface area (Å²) in [6, 6.07) is 2.72. The van der Waals surface area contributed by atoms with E-state index < -0.39 is 5.82 Å². The molecule has 0 fully saturated rings. The van der Waals surface area contributed by atoms with E-state index >= 15 is 0 Å². The second kappa shape index (κ2) is 4.09. The number of aliphatic hydroxyl groups excluding tert-OH is 1. The van der Waals surface area contributed by atoms with Gasteiger partial charge in [0.05, 0.1) is 6.61 Å². The van der Waals surface area contributed by atoms with Gasteiger partial charge in [-0.2, -0.15) is 0 Å². The van der Waals surface area contributed by atoms with Crippen molar-refractivity contribution in [3.8, 4) is 5.75 Å². The highest BCUT2D eigenvalue weighted by molar-refractivity contribution is 5.50. The Hall–Kier alpha value is -1.29. The van der Waals surface area contributed by atoms with Crippen LogP contribution < -0.4 is 10.5 Å². The molecule has 0 bridgehead atoms. The maximum Gasteiger partial charge on any atom is 0.167 e. The largest absolute Gasteiger partial charge is 0.488 e. The van der Waals surface area contributed by atoms with Crippen molar-refractivity contribution in [3.63, 3.8) is 0 Å². The molecule has 1 aromatic rings. The molecule has 0 unspecified atom stereocenters.